The molecule has 0 aliphatic carbocycles. The molecule has 1 aromatic carbocycles. The molecular formula is C18H23N3O4. The third kappa shape index (κ3) is 4.32. The Balaban J connectivity index is 2.18. The first-order valence-corrected chi connectivity index (χ1v) is 7.82. The summed E-state index contributed by atoms with van der Waals surface area (Å²) in [5.74, 6) is 1.96. The molecule has 2 rings (SSSR count). The van der Waals surface area contributed by atoms with E-state index in [2.05, 4.69) is 10.4 Å². The molecule has 0 bridgehead atoms. The van der Waals surface area contributed by atoms with Gasteiger partial charge in [0.15, 0.2) is 11.5 Å². The predicted octanol–water partition coefficient (Wildman–Crippen LogP) is 3.14. The standard InChI is InChI=1S/C18H23N3O4/c1-12(2)21-16(8-9-19-21)20-17(22)7-6-13-10-14(23-3)18(25-5)15(11-13)24-4/h6-12H,1-5H3,(H,20,22). The van der Waals surface area contributed by atoms with Crippen molar-refractivity contribution in [3.05, 3.63) is 36.0 Å². The zero-order valence-corrected chi connectivity index (χ0v) is 15.1. The van der Waals surface area contributed by atoms with Crippen LogP contribution in [0.25, 0.3) is 6.08 Å². The lowest BCUT2D eigenvalue weighted by molar-refractivity contribution is -0.111. The third-order valence-corrected chi connectivity index (χ3v) is 3.52. The van der Waals surface area contributed by atoms with Crippen molar-refractivity contribution in [2.45, 2.75) is 19.9 Å². The van der Waals surface area contributed by atoms with E-state index in [1.165, 1.54) is 6.08 Å². The molecule has 25 heavy (non-hydrogen) atoms. The molecule has 1 N–H and O–H groups in total. The molecule has 2 aromatic rings. The van der Waals surface area contributed by atoms with E-state index >= 15 is 0 Å². The number of ether oxygens (including phenoxy) is 3. The number of nitrogens with zero attached hydrogens (tertiary/aromatic N) is 2. The maximum Gasteiger partial charge on any atom is 0.249 e. The van der Waals surface area contributed by atoms with E-state index in [1.54, 1.807) is 56.5 Å². The van der Waals surface area contributed by atoms with Crippen LogP contribution in [0.3, 0.4) is 0 Å². The number of hydrogen-bond donors (Lipinski definition) is 1. The second-order valence-corrected chi connectivity index (χ2v) is 5.54. The number of benzene rings is 1. The molecule has 134 valence electrons. The van der Waals surface area contributed by atoms with E-state index in [0.717, 1.165) is 5.56 Å². The average Bonchev–Trinajstić information content (AvgIpc) is 3.07. The van der Waals surface area contributed by atoms with Gasteiger partial charge in [-0.1, -0.05) is 0 Å². The lowest BCUT2D eigenvalue weighted by atomic mass is 10.1. The van der Waals surface area contributed by atoms with Crippen LogP contribution in [0, 0.1) is 0 Å². The van der Waals surface area contributed by atoms with Crippen molar-refractivity contribution < 1.29 is 19.0 Å². The van der Waals surface area contributed by atoms with Gasteiger partial charge in [-0.05, 0) is 37.6 Å². The van der Waals surface area contributed by atoms with E-state index in [4.69, 9.17) is 14.2 Å². The van der Waals surface area contributed by atoms with Crippen LogP contribution < -0.4 is 19.5 Å². The van der Waals surface area contributed by atoms with Crippen LogP contribution in [0.1, 0.15) is 25.5 Å². The average molecular weight is 345 g/mol. The van der Waals surface area contributed by atoms with E-state index in [1.807, 2.05) is 13.8 Å². The number of anilines is 1. The van der Waals surface area contributed by atoms with Gasteiger partial charge in [0.2, 0.25) is 11.7 Å². The molecule has 0 radical (unpaired) electrons. The number of rotatable bonds is 7. The Morgan fingerprint density at radius 1 is 1.16 bits per heavy atom. The fourth-order valence-electron chi connectivity index (χ4n) is 2.36. The first-order chi connectivity index (χ1) is 12.0. The highest BCUT2D eigenvalue weighted by Gasteiger charge is 2.12. The molecule has 0 aliphatic rings. The third-order valence-electron chi connectivity index (χ3n) is 3.52. The Morgan fingerprint density at radius 2 is 1.80 bits per heavy atom. The molecule has 1 amide bonds. The Hall–Kier alpha value is -2.96. The monoisotopic (exact) mass is 345 g/mol. The van der Waals surface area contributed by atoms with Gasteiger partial charge in [0.1, 0.15) is 5.82 Å². The minimum Gasteiger partial charge on any atom is -0.493 e. The summed E-state index contributed by atoms with van der Waals surface area (Å²) >= 11 is 0. The summed E-state index contributed by atoms with van der Waals surface area (Å²) in [5.41, 5.74) is 0.752. The SMILES string of the molecule is COc1cc(C=CC(=O)Nc2ccnn2C(C)C)cc(OC)c1OC. The van der Waals surface area contributed by atoms with Gasteiger partial charge >= 0.3 is 0 Å². The Morgan fingerprint density at radius 3 is 2.32 bits per heavy atom. The van der Waals surface area contributed by atoms with Gasteiger partial charge in [0.25, 0.3) is 0 Å². The Bertz CT molecular complexity index is 740. The van der Waals surface area contributed by atoms with E-state index in [0.29, 0.717) is 23.1 Å². The lowest BCUT2D eigenvalue weighted by Crippen LogP contribution is -2.14. The van der Waals surface area contributed by atoms with Crippen LogP contribution in [-0.2, 0) is 4.79 Å². The number of methoxy groups -OCH3 is 3. The topological polar surface area (TPSA) is 74.6 Å². The van der Waals surface area contributed by atoms with Gasteiger partial charge in [0.05, 0.1) is 27.5 Å². The van der Waals surface area contributed by atoms with Crippen molar-refractivity contribution in [1.82, 2.24) is 9.78 Å². The first-order valence-electron chi connectivity index (χ1n) is 7.82. The number of aromatic nitrogens is 2. The zero-order valence-electron chi connectivity index (χ0n) is 15.1. The highest BCUT2D eigenvalue weighted by molar-refractivity contribution is 6.01. The molecular weight excluding hydrogens is 322 g/mol. The molecule has 1 heterocycles. The van der Waals surface area contributed by atoms with Gasteiger partial charge in [-0.2, -0.15) is 5.10 Å². The van der Waals surface area contributed by atoms with Crippen molar-refractivity contribution in [3.8, 4) is 17.2 Å². The van der Waals surface area contributed by atoms with Gasteiger partial charge in [-0.15, -0.1) is 0 Å². The molecule has 0 aliphatic heterocycles. The van der Waals surface area contributed by atoms with Crippen LogP contribution in [-0.4, -0.2) is 37.0 Å². The molecule has 1 aromatic heterocycles. The summed E-state index contributed by atoms with van der Waals surface area (Å²) in [6, 6.07) is 5.45. The molecule has 0 fully saturated rings. The van der Waals surface area contributed by atoms with Gasteiger partial charge in [-0.25, -0.2) is 4.68 Å². The van der Waals surface area contributed by atoms with Crippen LogP contribution in [0.15, 0.2) is 30.5 Å². The maximum absolute atomic E-state index is 12.2. The van der Waals surface area contributed by atoms with Crippen molar-refractivity contribution in [2.24, 2.45) is 0 Å². The van der Waals surface area contributed by atoms with Crippen LogP contribution >= 0.6 is 0 Å². The van der Waals surface area contributed by atoms with Gasteiger partial charge in [0, 0.05) is 18.2 Å². The zero-order chi connectivity index (χ0) is 18.4. The molecule has 0 saturated carbocycles. The van der Waals surface area contributed by atoms with E-state index in [9.17, 15) is 4.79 Å². The highest BCUT2D eigenvalue weighted by atomic mass is 16.5. The number of carbonyl (C=O) groups is 1. The maximum atomic E-state index is 12.2. The minimum atomic E-state index is -0.254. The molecule has 0 unspecified atom stereocenters. The summed E-state index contributed by atoms with van der Waals surface area (Å²) in [6.07, 6.45) is 4.77. The van der Waals surface area contributed by atoms with Crippen molar-refractivity contribution in [1.29, 1.82) is 0 Å². The van der Waals surface area contributed by atoms with Crippen molar-refractivity contribution in [3.63, 3.8) is 0 Å². The fraction of sp³-hybridized carbons (Fsp3) is 0.333. The summed E-state index contributed by atoms with van der Waals surface area (Å²) in [5, 5.41) is 6.99. The van der Waals surface area contributed by atoms with E-state index in [-0.39, 0.29) is 11.9 Å². The molecule has 7 nitrogen and oxygen atoms in total. The predicted molar refractivity (Wildman–Crippen MR) is 96.4 cm³/mol. The van der Waals surface area contributed by atoms with Crippen LogP contribution in [0.4, 0.5) is 5.82 Å². The summed E-state index contributed by atoms with van der Waals surface area (Å²) in [7, 11) is 4.64. The molecule has 0 saturated heterocycles. The Kier molecular flexibility index (Phi) is 6.05. The summed E-state index contributed by atoms with van der Waals surface area (Å²) < 4.78 is 17.6. The number of nitrogens with one attached hydrogen (secondary N) is 1. The molecule has 0 spiro atoms. The smallest absolute Gasteiger partial charge is 0.249 e. The highest BCUT2D eigenvalue weighted by Crippen LogP contribution is 2.38. The summed E-state index contributed by atoms with van der Waals surface area (Å²) in [6.45, 7) is 3.99. The fourth-order valence-corrected chi connectivity index (χ4v) is 2.36. The van der Waals surface area contributed by atoms with Gasteiger partial charge in [-0.3, -0.25) is 4.79 Å². The van der Waals surface area contributed by atoms with E-state index < -0.39 is 0 Å². The largest absolute Gasteiger partial charge is 0.493 e. The summed E-state index contributed by atoms with van der Waals surface area (Å²) in [4.78, 5) is 12.2. The van der Waals surface area contributed by atoms with Crippen LogP contribution in [0.5, 0.6) is 17.2 Å². The second kappa shape index (κ2) is 8.23. The molecule has 7 heteroatoms. The quantitative estimate of drug-likeness (QED) is 0.780. The van der Waals surface area contributed by atoms with Crippen LogP contribution in [0.2, 0.25) is 0 Å². The van der Waals surface area contributed by atoms with Crippen molar-refractivity contribution in [2.75, 3.05) is 26.6 Å². The normalized spacial score (nSPS) is 11.0. The van der Waals surface area contributed by atoms with Crippen molar-refractivity contribution >= 4 is 17.8 Å². The lowest BCUT2D eigenvalue weighted by Gasteiger charge is -2.13. The second-order valence-electron chi connectivity index (χ2n) is 5.54. The van der Waals surface area contributed by atoms with Gasteiger partial charge < -0.3 is 19.5 Å². The Labute approximate surface area is 147 Å². The number of carbonyl (C=O) groups excluding carboxylic acids is 1. The number of amides is 1. The number of hydrogen-bond acceptors (Lipinski definition) is 5. The first kappa shape index (κ1) is 18.4. The molecule has 0 atom stereocenters. The minimum absolute atomic E-state index is 0.157.